The van der Waals surface area contributed by atoms with Crippen LogP contribution in [0.3, 0.4) is 0 Å². The van der Waals surface area contributed by atoms with E-state index in [0.29, 0.717) is 24.5 Å². The summed E-state index contributed by atoms with van der Waals surface area (Å²) in [4.78, 5) is 27.6. The summed E-state index contributed by atoms with van der Waals surface area (Å²) >= 11 is 1.48. The number of amides is 1. The quantitative estimate of drug-likeness (QED) is 0.839. The molecule has 2 N–H and O–H groups in total. The van der Waals surface area contributed by atoms with Crippen LogP contribution in [0.4, 0.5) is 0 Å². The lowest BCUT2D eigenvalue weighted by atomic mass is 9.96. The maximum Gasteiger partial charge on any atom is 0.329 e. The predicted octanol–water partition coefficient (Wildman–Crippen LogP) is 2.39. The fourth-order valence-electron chi connectivity index (χ4n) is 1.95. The molecule has 2 rings (SSSR count). The van der Waals surface area contributed by atoms with E-state index < -0.39 is 17.4 Å². The Balaban J connectivity index is 2.07. The summed E-state index contributed by atoms with van der Waals surface area (Å²) in [6.45, 7) is 3.42. The first-order valence-electron chi connectivity index (χ1n) is 6.47. The van der Waals surface area contributed by atoms with Gasteiger partial charge in [-0.1, -0.05) is 13.3 Å². The Kier molecular flexibility index (Phi) is 3.89. The van der Waals surface area contributed by atoms with Gasteiger partial charge in [0, 0.05) is 11.3 Å². The number of thiazole rings is 1. The van der Waals surface area contributed by atoms with Crippen molar-refractivity contribution in [1.29, 1.82) is 0 Å². The van der Waals surface area contributed by atoms with Crippen LogP contribution in [-0.4, -0.2) is 27.5 Å². The fourth-order valence-corrected chi connectivity index (χ4v) is 2.92. The molecule has 6 heteroatoms. The average molecular weight is 282 g/mol. The third-order valence-corrected chi connectivity index (χ3v) is 4.30. The molecule has 1 aromatic heterocycles. The molecule has 1 aliphatic carbocycles. The average Bonchev–Trinajstić information content (AvgIpc) is 3.07. The lowest BCUT2D eigenvalue weighted by molar-refractivity contribution is -0.144. The molecule has 0 unspecified atom stereocenters. The SMILES string of the molecule is CCC[C@](C)(NC(=O)c1csc(C2CC2)n1)C(=O)O. The molecule has 0 aromatic carbocycles. The molecule has 1 aliphatic rings. The van der Waals surface area contributed by atoms with Crippen LogP contribution in [0, 0.1) is 0 Å². The second-order valence-electron chi connectivity index (χ2n) is 5.19. The van der Waals surface area contributed by atoms with Gasteiger partial charge in [-0.05, 0) is 26.2 Å². The third-order valence-electron chi connectivity index (χ3n) is 3.29. The Morgan fingerprint density at radius 2 is 2.26 bits per heavy atom. The normalized spacial score (nSPS) is 17.8. The molecule has 0 saturated heterocycles. The van der Waals surface area contributed by atoms with Crippen molar-refractivity contribution in [2.75, 3.05) is 0 Å². The Hall–Kier alpha value is -1.43. The molecule has 1 saturated carbocycles. The van der Waals surface area contributed by atoms with Gasteiger partial charge in [0.05, 0.1) is 5.01 Å². The van der Waals surface area contributed by atoms with Gasteiger partial charge in [-0.15, -0.1) is 11.3 Å². The number of rotatable bonds is 6. The highest BCUT2D eigenvalue weighted by Gasteiger charge is 2.35. The third kappa shape index (κ3) is 3.12. The molecular formula is C13H18N2O3S. The Morgan fingerprint density at radius 3 is 2.79 bits per heavy atom. The standard InChI is InChI=1S/C13H18N2O3S/c1-3-6-13(2,12(17)18)15-10(16)9-7-19-11(14-9)8-4-5-8/h7-8H,3-6H2,1-2H3,(H,15,16)(H,17,18)/t13-/m0/s1. The number of aliphatic carboxylic acids is 1. The summed E-state index contributed by atoms with van der Waals surface area (Å²) in [6, 6.07) is 0. The number of nitrogens with one attached hydrogen (secondary N) is 1. The van der Waals surface area contributed by atoms with Crippen LogP contribution in [0.5, 0.6) is 0 Å². The van der Waals surface area contributed by atoms with Gasteiger partial charge in [0.25, 0.3) is 5.91 Å². The number of carbonyl (C=O) groups excluding carboxylic acids is 1. The molecule has 1 fully saturated rings. The summed E-state index contributed by atoms with van der Waals surface area (Å²) in [5.41, 5.74) is -0.898. The van der Waals surface area contributed by atoms with Crippen molar-refractivity contribution in [2.24, 2.45) is 0 Å². The number of carbonyl (C=O) groups is 2. The van der Waals surface area contributed by atoms with Crippen molar-refractivity contribution >= 4 is 23.2 Å². The minimum Gasteiger partial charge on any atom is -0.480 e. The Labute approximate surface area is 116 Å². The zero-order chi connectivity index (χ0) is 14.0. The molecule has 1 heterocycles. The first kappa shape index (κ1) is 14.0. The van der Waals surface area contributed by atoms with Gasteiger partial charge >= 0.3 is 5.97 Å². The topological polar surface area (TPSA) is 79.3 Å². The van der Waals surface area contributed by atoms with Crippen molar-refractivity contribution < 1.29 is 14.7 Å². The van der Waals surface area contributed by atoms with Crippen LogP contribution < -0.4 is 5.32 Å². The van der Waals surface area contributed by atoms with E-state index in [1.54, 1.807) is 5.38 Å². The molecular weight excluding hydrogens is 264 g/mol. The maximum absolute atomic E-state index is 12.1. The molecule has 1 amide bonds. The van der Waals surface area contributed by atoms with Crippen LogP contribution >= 0.6 is 11.3 Å². The van der Waals surface area contributed by atoms with Gasteiger partial charge in [-0.25, -0.2) is 9.78 Å². The summed E-state index contributed by atoms with van der Waals surface area (Å²) in [5.74, 6) is -0.908. The van der Waals surface area contributed by atoms with E-state index in [0.717, 1.165) is 17.8 Å². The highest BCUT2D eigenvalue weighted by molar-refractivity contribution is 7.10. The van der Waals surface area contributed by atoms with Crippen LogP contribution in [0.15, 0.2) is 5.38 Å². The largest absolute Gasteiger partial charge is 0.480 e. The molecule has 0 spiro atoms. The zero-order valence-electron chi connectivity index (χ0n) is 11.1. The number of carboxylic acid groups (broad SMARTS) is 1. The Morgan fingerprint density at radius 1 is 1.58 bits per heavy atom. The number of nitrogens with zero attached hydrogens (tertiary/aromatic N) is 1. The highest BCUT2D eigenvalue weighted by atomic mass is 32.1. The number of hydrogen-bond donors (Lipinski definition) is 2. The molecule has 5 nitrogen and oxygen atoms in total. The molecule has 1 aromatic rings. The maximum atomic E-state index is 12.1. The summed E-state index contributed by atoms with van der Waals surface area (Å²) in [6.07, 6.45) is 3.36. The predicted molar refractivity (Wildman–Crippen MR) is 72.5 cm³/mol. The van der Waals surface area contributed by atoms with Gasteiger partial charge in [0.1, 0.15) is 11.2 Å². The van der Waals surface area contributed by atoms with Crippen molar-refractivity contribution in [3.8, 4) is 0 Å². The van der Waals surface area contributed by atoms with Crippen molar-refractivity contribution in [3.63, 3.8) is 0 Å². The lowest BCUT2D eigenvalue weighted by Crippen LogP contribution is -2.52. The highest BCUT2D eigenvalue weighted by Crippen LogP contribution is 2.41. The Bertz CT molecular complexity index is 496. The van der Waals surface area contributed by atoms with Crippen LogP contribution in [-0.2, 0) is 4.79 Å². The molecule has 0 radical (unpaired) electrons. The molecule has 1 atom stereocenters. The minimum absolute atomic E-state index is 0.329. The summed E-state index contributed by atoms with van der Waals surface area (Å²) < 4.78 is 0. The first-order valence-corrected chi connectivity index (χ1v) is 7.35. The minimum atomic E-state index is -1.23. The fraction of sp³-hybridized carbons (Fsp3) is 0.615. The summed E-state index contributed by atoms with van der Waals surface area (Å²) in [7, 11) is 0. The molecule has 104 valence electrons. The van der Waals surface area contributed by atoms with Gasteiger partial charge < -0.3 is 10.4 Å². The van der Waals surface area contributed by atoms with E-state index >= 15 is 0 Å². The van der Waals surface area contributed by atoms with E-state index in [4.69, 9.17) is 0 Å². The van der Waals surface area contributed by atoms with E-state index in [9.17, 15) is 14.7 Å². The number of hydrogen-bond acceptors (Lipinski definition) is 4. The zero-order valence-corrected chi connectivity index (χ0v) is 11.9. The van der Waals surface area contributed by atoms with Crippen LogP contribution in [0.1, 0.15) is 60.9 Å². The first-order chi connectivity index (χ1) is 8.96. The monoisotopic (exact) mass is 282 g/mol. The smallest absolute Gasteiger partial charge is 0.329 e. The van der Waals surface area contributed by atoms with Gasteiger partial charge in [0.15, 0.2) is 0 Å². The van der Waals surface area contributed by atoms with Crippen molar-refractivity contribution in [2.45, 2.75) is 51.0 Å². The molecule has 19 heavy (non-hydrogen) atoms. The summed E-state index contributed by atoms with van der Waals surface area (Å²) in [5, 5.41) is 14.5. The van der Waals surface area contributed by atoms with E-state index in [2.05, 4.69) is 10.3 Å². The van der Waals surface area contributed by atoms with Crippen molar-refractivity contribution in [3.05, 3.63) is 16.1 Å². The van der Waals surface area contributed by atoms with Crippen LogP contribution in [0.2, 0.25) is 0 Å². The molecule has 0 aliphatic heterocycles. The van der Waals surface area contributed by atoms with E-state index in [1.165, 1.54) is 18.3 Å². The lowest BCUT2D eigenvalue weighted by Gasteiger charge is -2.25. The number of carboxylic acids is 1. The number of aromatic nitrogens is 1. The van der Waals surface area contributed by atoms with Gasteiger partial charge in [-0.2, -0.15) is 0 Å². The van der Waals surface area contributed by atoms with E-state index in [1.807, 2.05) is 6.92 Å². The van der Waals surface area contributed by atoms with Crippen molar-refractivity contribution in [1.82, 2.24) is 10.3 Å². The second kappa shape index (κ2) is 5.28. The van der Waals surface area contributed by atoms with Gasteiger partial charge in [-0.3, -0.25) is 4.79 Å². The molecule has 0 bridgehead atoms. The van der Waals surface area contributed by atoms with E-state index in [-0.39, 0.29) is 0 Å². The van der Waals surface area contributed by atoms with Crippen LogP contribution in [0.25, 0.3) is 0 Å². The van der Waals surface area contributed by atoms with Gasteiger partial charge in [0.2, 0.25) is 0 Å². The second-order valence-corrected chi connectivity index (χ2v) is 6.08.